The summed E-state index contributed by atoms with van der Waals surface area (Å²) in [6.07, 6.45) is 0.958. The monoisotopic (exact) mass is 319 g/mol. The van der Waals surface area contributed by atoms with Crippen molar-refractivity contribution in [3.63, 3.8) is 0 Å². The van der Waals surface area contributed by atoms with Gasteiger partial charge in [0.1, 0.15) is 15.7 Å². The van der Waals surface area contributed by atoms with Crippen molar-refractivity contribution in [2.75, 3.05) is 12.4 Å². The summed E-state index contributed by atoms with van der Waals surface area (Å²) in [7, 11) is 1.78. The normalized spacial score (nSPS) is 11.0. The Hall–Kier alpha value is -1.66. The lowest BCUT2D eigenvalue weighted by molar-refractivity contribution is 0.602. The van der Waals surface area contributed by atoms with E-state index in [1.165, 1.54) is 22.7 Å². The van der Waals surface area contributed by atoms with Crippen LogP contribution in [0.25, 0.3) is 10.2 Å². The molecule has 6 heteroatoms. The van der Waals surface area contributed by atoms with Gasteiger partial charge >= 0.3 is 0 Å². The fourth-order valence-electron chi connectivity index (χ4n) is 1.94. The predicted molar refractivity (Wildman–Crippen MR) is 86.9 cm³/mol. The van der Waals surface area contributed by atoms with Gasteiger partial charge in [-0.15, -0.1) is 11.3 Å². The number of hydrogen-bond acceptors (Lipinski definition) is 5. The summed E-state index contributed by atoms with van der Waals surface area (Å²) in [5, 5.41) is 4.74. The lowest BCUT2D eigenvalue weighted by atomic mass is 10.3. The Kier molecular flexibility index (Phi) is 4.07. The molecule has 3 nitrogen and oxygen atoms in total. The third kappa shape index (κ3) is 2.87. The Morgan fingerprint density at radius 1 is 1.29 bits per heavy atom. The number of aromatic nitrogens is 2. The van der Waals surface area contributed by atoms with Crippen LogP contribution in [0.1, 0.15) is 11.8 Å². The van der Waals surface area contributed by atoms with Gasteiger partial charge in [0, 0.05) is 22.2 Å². The van der Waals surface area contributed by atoms with Gasteiger partial charge in [-0.05, 0) is 24.6 Å². The molecule has 2 heterocycles. The SMILES string of the molecule is CCc1cc2c(Sc3ccccc3F)nc(NC)nc2s1. The molecule has 0 unspecified atom stereocenters. The molecule has 0 radical (unpaired) electrons. The summed E-state index contributed by atoms with van der Waals surface area (Å²) in [5.41, 5.74) is 0. The topological polar surface area (TPSA) is 37.8 Å². The summed E-state index contributed by atoms with van der Waals surface area (Å²) >= 11 is 3.00. The molecular formula is C15H14FN3S2. The largest absolute Gasteiger partial charge is 0.357 e. The Bertz CT molecular complexity index is 786. The molecule has 1 N–H and O–H groups in total. The quantitative estimate of drug-likeness (QED) is 0.714. The van der Waals surface area contributed by atoms with Crippen LogP contribution in [0.5, 0.6) is 0 Å². The zero-order valence-electron chi connectivity index (χ0n) is 11.7. The Morgan fingerprint density at radius 2 is 2.10 bits per heavy atom. The molecule has 0 aliphatic rings. The zero-order valence-corrected chi connectivity index (χ0v) is 13.3. The smallest absolute Gasteiger partial charge is 0.224 e. The minimum absolute atomic E-state index is 0.230. The molecule has 0 spiro atoms. The van der Waals surface area contributed by atoms with Gasteiger partial charge in [0.05, 0.1) is 0 Å². The van der Waals surface area contributed by atoms with E-state index in [9.17, 15) is 4.39 Å². The fourth-order valence-corrected chi connectivity index (χ4v) is 3.89. The van der Waals surface area contributed by atoms with Gasteiger partial charge in [-0.2, -0.15) is 0 Å². The van der Waals surface area contributed by atoms with Crippen molar-refractivity contribution in [1.82, 2.24) is 9.97 Å². The van der Waals surface area contributed by atoms with Gasteiger partial charge in [0.2, 0.25) is 5.95 Å². The highest BCUT2D eigenvalue weighted by Crippen LogP contribution is 2.36. The van der Waals surface area contributed by atoms with Crippen LogP contribution < -0.4 is 5.32 Å². The van der Waals surface area contributed by atoms with Crippen LogP contribution in [-0.2, 0) is 6.42 Å². The first kappa shape index (κ1) is 14.3. The molecule has 0 saturated heterocycles. The van der Waals surface area contributed by atoms with Gasteiger partial charge in [-0.1, -0.05) is 30.8 Å². The van der Waals surface area contributed by atoms with E-state index in [-0.39, 0.29) is 5.82 Å². The standard InChI is InChI=1S/C15H14FN3S2/c1-3-9-8-10-13(20-9)18-15(17-2)19-14(10)21-12-7-5-4-6-11(12)16/h4-8H,3H2,1-2H3,(H,17,18,19). The van der Waals surface area contributed by atoms with Crippen LogP contribution in [0.2, 0.25) is 0 Å². The average molecular weight is 319 g/mol. The lowest BCUT2D eigenvalue weighted by Crippen LogP contribution is -1.97. The highest BCUT2D eigenvalue weighted by molar-refractivity contribution is 7.99. The number of hydrogen-bond donors (Lipinski definition) is 1. The molecule has 0 saturated carbocycles. The second kappa shape index (κ2) is 5.99. The van der Waals surface area contributed by atoms with E-state index in [2.05, 4.69) is 28.3 Å². The maximum absolute atomic E-state index is 13.9. The van der Waals surface area contributed by atoms with Gasteiger partial charge < -0.3 is 5.32 Å². The van der Waals surface area contributed by atoms with Gasteiger partial charge in [0.25, 0.3) is 0 Å². The maximum atomic E-state index is 13.9. The van der Waals surface area contributed by atoms with E-state index < -0.39 is 0 Å². The minimum atomic E-state index is -0.230. The molecular weight excluding hydrogens is 305 g/mol. The highest BCUT2D eigenvalue weighted by Gasteiger charge is 2.13. The van der Waals surface area contributed by atoms with Crippen LogP contribution >= 0.6 is 23.1 Å². The van der Waals surface area contributed by atoms with Crippen LogP contribution in [0, 0.1) is 5.82 Å². The molecule has 0 aliphatic heterocycles. The molecule has 21 heavy (non-hydrogen) atoms. The molecule has 0 aliphatic carbocycles. The number of fused-ring (bicyclic) bond motifs is 1. The van der Waals surface area contributed by atoms with Crippen molar-refractivity contribution in [2.45, 2.75) is 23.3 Å². The lowest BCUT2D eigenvalue weighted by Gasteiger charge is -2.06. The van der Waals surface area contributed by atoms with E-state index in [1.807, 2.05) is 6.07 Å². The number of benzene rings is 1. The van der Waals surface area contributed by atoms with Crippen molar-refractivity contribution in [3.8, 4) is 0 Å². The van der Waals surface area contributed by atoms with E-state index in [1.54, 1.807) is 30.5 Å². The van der Waals surface area contributed by atoms with E-state index in [0.29, 0.717) is 10.8 Å². The summed E-state index contributed by atoms with van der Waals surface area (Å²) in [6.45, 7) is 2.11. The Labute approximate surface area is 130 Å². The maximum Gasteiger partial charge on any atom is 0.224 e. The Balaban J connectivity index is 2.11. The van der Waals surface area contributed by atoms with E-state index >= 15 is 0 Å². The van der Waals surface area contributed by atoms with Gasteiger partial charge in [0.15, 0.2) is 0 Å². The van der Waals surface area contributed by atoms with Crippen molar-refractivity contribution in [2.24, 2.45) is 0 Å². The molecule has 0 fully saturated rings. The van der Waals surface area contributed by atoms with Crippen LogP contribution in [0.4, 0.5) is 10.3 Å². The van der Waals surface area contributed by atoms with Crippen molar-refractivity contribution < 1.29 is 4.39 Å². The van der Waals surface area contributed by atoms with Gasteiger partial charge in [-0.3, -0.25) is 0 Å². The second-order valence-corrected chi connectivity index (χ2v) is 6.57. The summed E-state index contributed by atoms with van der Waals surface area (Å²) in [5.74, 6) is 0.331. The first-order valence-electron chi connectivity index (χ1n) is 6.62. The van der Waals surface area contributed by atoms with Crippen molar-refractivity contribution in [3.05, 3.63) is 41.0 Å². The summed E-state index contributed by atoms with van der Waals surface area (Å²) < 4.78 is 13.9. The molecule has 2 aromatic heterocycles. The highest BCUT2D eigenvalue weighted by atomic mass is 32.2. The summed E-state index contributed by atoms with van der Waals surface area (Å²) in [6, 6.07) is 8.84. The molecule has 3 rings (SSSR count). The molecule has 0 amide bonds. The first-order chi connectivity index (χ1) is 10.2. The second-order valence-electron chi connectivity index (χ2n) is 4.42. The Morgan fingerprint density at radius 3 is 2.81 bits per heavy atom. The number of rotatable bonds is 4. The third-order valence-corrected chi connectivity index (χ3v) is 5.25. The first-order valence-corrected chi connectivity index (χ1v) is 8.25. The molecule has 0 bridgehead atoms. The van der Waals surface area contributed by atoms with Crippen LogP contribution in [0.15, 0.2) is 40.3 Å². The fraction of sp³-hybridized carbons (Fsp3) is 0.200. The number of aryl methyl sites for hydroxylation is 1. The third-order valence-electron chi connectivity index (χ3n) is 3.02. The summed E-state index contributed by atoms with van der Waals surface area (Å²) in [4.78, 5) is 11.7. The van der Waals surface area contributed by atoms with Crippen molar-refractivity contribution in [1.29, 1.82) is 0 Å². The van der Waals surface area contributed by atoms with E-state index in [0.717, 1.165) is 21.7 Å². The van der Waals surface area contributed by atoms with Gasteiger partial charge in [-0.25, -0.2) is 14.4 Å². The van der Waals surface area contributed by atoms with Crippen molar-refractivity contribution >= 4 is 39.3 Å². The number of nitrogens with one attached hydrogen (secondary N) is 1. The number of halogens is 1. The number of thiophene rings is 1. The average Bonchev–Trinajstić information content (AvgIpc) is 2.92. The molecule has 1 aromatic carbocycles. The number of nitrogens with zero attached hydrogens (tertiary/aromatic N) is 2. The predicted octanol–water partition coefficient (Wildman–Crippen LogP) is 4.59. The number of anilines is 1. The van der Waals surface area contributed by atoms with Crippen LogP contribution in [-0.4, -0.2) is 17.0 Å². The molecule has 3 aromatic rings. The minimum Gasteiger partial charge on any atom is -0.357 e. The molecule has 0 atom stereocenters. The zero-order chi connectivity index (χ0) is 14.8. The van der Waals surface area contributed by atoms with Crippen LogP contribution in [0.3, 0.4) is 0 Å². The van der Waals surface area contributed by atoms with E-state index in [4.69, 9.17) is 0 Å². The molecule has 108 valence electrons.